The van der Waals surface area contributed by atoms with Crippen LogP contribution in [-0.2, 0) is 57.8 Å². The molecule has 4 aromatic rings. The van der Waals surface area contributed by atoms with Crippen LogP contribution < -0.4 is 11.5 Å². The number of benzene rings is 1. The molecular formula is C93H129N11O12. The first-order chi connectivity index (χ1) is 54.5. The van der Waals surface area contributed by atoms with Crippen molar-refractivity contribution in [1.29, 1.82) is 10.5 Å². The zero-order valence-electron chi connectivity index (χ0n) is 72.0. The second-order valence-electron chi connectivity index (χ2n) is 41.0. The van der Waals surface area contributed by atoms with Gasteiger partial charge in [0.25, 0.3) is 0 Å². The first-order valence-electron chi connectivity index (χ1n) is 43.4. The van der Waals surface area contributed by atoms with E-state index >= 15 is 0 Å². The molecule has 23 nitrogen and oxygen atoms in total. The number of esters is 2. The highest BCUT2D eigenvalue weighted by Crippen LogP contribution is 2.79. The number of carbonyl (C=O) groups is 6. The Labute approximate surface area is 685 Å². The standard InChI is InChI=1S/C93H129N11O12/c1-18-59(115-69(107)47-83(7,8)81(111)112)28-31-86(12)54(6)27-33-90(16)66(86)25-22-60-73-71(52(2)3)63(105)45-92(73,37-35-88(60,90)14)75(109)79-101-99-77(103(79)41-39-94)56-20-21-57(50-97)58(43-56)44-85(11,82(113)114)48-70(108)116-68-30-32-87(13)65(84(68,9)10)29-34-91(17)67(87)26-23-61-74-72(53(4)5)64(106)46-93(74,38-36-89(61,91)15)76(110)80-102-100-78(104(80)42-40-95)62-24-19-55(49-96)51-98-62/h19-21,24,43,51-54,59-61,65-68,75-76,109-110H,18,22-23,25-42,44-48,94-95H2,1-17H3,(H,111,112)(H,113,114)/t54-,59-,60-,61-,65+,66-,67-,68+,75?,76+,85?,86+,87+,88-,89-,90-,91-,92-,93-/m1/s1. The number of fused-ring (bicyclic) bond motifs is 12. The van der Waals surface area contributed by atoms with Crippen molar-refractivity contribution >= 4 is 35.4 Å². The number of rotatable bonds is 26. The molecule has 0 saturated heterocycles. The van der Waals surface area contributed by atoms with Gasteiger partial charge in [-0.05, 0) is 274 Å². The van der Waals surface area contributed by atoms with Crippen LogP contribution in [0.25, 0.3) is 22.9 Å². The number of ketones is 2. The number of ether oxygens (including phenoxy) is 2. The number of aromatic nitrogens is 7. The molecule has 7 fully saturated rings. The van der Waals surface area contributed by atoms with Crippen molar-refractivity contribution in [3.63, 3.8) is 0 Å². The molecule has 19 atom stereocenters. The van der Waals surface area contributed by atoms with E-state index in [0.29, 0.717) is 90.3 Å². The second kappa shape index (κ2) is 30.8. The molecule has 0 radical (unpaired) electrons. The second-order valence-corrected chi connectivity index (χ2v) is 41.0. The number of carboxylic acids is 2. The van der Waals surface area contributed by atoms with E-state index in [1.165, 1.54) is 13.1 Å². The van der Waals surface area contributed by atoms with Gasteiger partial charge < -0.3 is 50.5 Å². The molecule has 7 saturated carbocycles. The molecule has 628 valence electrons. The van der Waals surface area contributed by atoms with Gasteiger partial charge in [0.1, 0.15) is 36.2 Å². The number of aliphatic carboxylic acids is 2. The Morgan fingerprint density at radius 3 is 1.71 bits per heavy atom. The third kappa shape index (κ3) is 13.4. The molecule has 9 aliphatic rings. The number of nitrogens with zero attached hydrogens (tertiary/aromatic N) is 9. The van der Waals surface area contributed by atoms with Crippen molar-refractivity contribution < 1.29 is 58.7 Å². The van der Waals surface area contributed by atoms with Crippen molar-refractivity contribution in [2.24, 2.45) is 118 Å². The zero-order chi connectivity index (χ0) is 84.5. The predicted molar refractivity (Wildman–Crippen MR) is 437 cm³/mol. The molecule has 8 N–H and O–H groups in total. The van der Waals surface area contributed by atoms with Crippen LogP contribution in [0, 0.1) is 130 Å². The number of Topliss-reactive ketones (excluding diaryl/α,β-unsaturated/α-hetero) is 2. The Morgan fingerprint density at radius 2 is 1.19 bits per heavy atom. The Bertz CT molecular complexity index is 4710. The van der Waals surface area contributed by atoms with E-state index in [0.717, 1.165) is 99.3 Å². The average Bonchev–Trinajstić information content (AvgIpc) is 1.17. The monoisotopic (exact) mass is 1590 g/mol. The van der Waals surface area contributed by atoms with Crippen LogP contribution in [0.15, 0.2) is 58.8 Å². The van der Waals surface area contributed by atoms with Crippen LogP contribution in [0.4, 0.5) is 0 Å². The minimum absolute atomic E-state index is 0.00709. The lowest BCUT2D eigenvalue weighted by Gasteiger charge is -2.72. The molecule has 13 rings (SSSR count). The largest absolute Gasteiger partial charge is 0.481 e. The van der Waals surface area contributed by atoms with Crippen molar-refractivity contribution in [2.45, 2.75) is 296 Å². The van der Waals surface area contributed by atoms with Crippen LogP contribution in [0.2, 0.25) is 0 Å². The van der Waals surface area contributed by atoms with Gasteiger partial charge in [-0.25, -0.2) is 0 Å². The molecule has 23 heteroatoms. The highest BCUT2D eigenvalue weighted by Gasteiger charge is 2.73. The number of carboxylic acid groups (broad SMARTS) is 2. The normalized spacial score (nSPS) is 33.9. The number of carbonyl (C=O) groups excluding carboxylic acids is 4. The number of aliphatic hydroxyl groups is 2. The van der Waals surface area contributed by atoms with E-state index in [-0.39, 0.29) is 142 Å². The number of pyridine rings is 1. The van der Waals surface area contributed by atoms with Crippen molar-refractivity contribution in [1.82, 2.24) is 34.5 Å². The Hall–Kier alpha value is -7.83. The molecule has 0 bridgehead atoms. The third-order valence-corrected chi connectivity index (χ3v) is 33.9. The highest BCUT2D eigenvalue weighted by atomic mass is 16.5. The van der Waals surface area contributed by atoms with Gasteiger partial charge in [-0.1, -0.05) is 96.9 Å². The van der Waals surface area contributed by atoms with Gasteiger partial charge in [0.05, 0.1) is 40.9 Å². The first-order valence-corrected chi connectivity index (χ1v) is 43.4. The molecule has 0 spiro atoms. The van der Waals surface area contributed by atoms with Crippen LogP contribution >= 0.6 is 0 Å². The van der Waals surface area contributed by atoms with Gasteiger partial charge in [-0.3, -0.25) is 33.8 Å². The number of allylic oxidation sites excluding steroid dienone is 2. The Kier molecular flexibility index (Phi) is 22.8. The molecule has 0 amide bonds. The van der Waals surface area contributed by atoms with E-state index in [1.54, 1.807) is 44.2 Å². The Balaban J connectivity index is 0.716. The molecular weight excluding hydrogens is 1460 g/mol. The van der Waals surface area contributed by atoms with Gasteiger partial charge in [0, 0.05) is 67.0 Å². The maximum absolute atomic E-state index is 15.0. The minimum atomic E-state index is -1.73. The molecule has 0 aliphatic heterocycles. The fraction of sp³-hybridized carbons (Fsp3) is 0.710. The number of nitriles is 2. The summed E-state index contributed by atoms with van der Waals surface area (Å²) in [6, 6.07) is 12.9. The van der Waals surface area contributed by atoms with Crippen LogP contribution in [-0.4, -0.2) is 116 Å². The summed E-state index contributed by atoms with van der Waals surface area (Å²) in [5.74, 6) is -1.000. The van der Waals surface area contributed by atoms with E-state index in [1.807, 2.05) is 16.1 Å². The summed E-state index contributed by atoms with van der Waals surface area (Å²) in [4.78, 5) is 88.1. The summed E-state index contributed by atoms with van der Waals surface area (Å²) in [6.07, 6.45) is 11.0. The molecule has 3 aromatic heterocycles. The Morgan fingerprint density at radius 1 is 0.638 bits per heavy atom. The topological polar surface area (TPSA) is 376 Å². The van der Waals surface area contributed by atoms with Crippen molar-refractivity contribution in [2.75, 3.05) is 13.1 Å². The smallest absolute Gasteiger partial charge is 0.310 e. The van der Waals surface area contributed by atoms with Gasteiger partial charge in [-0.2, -0.15) is 10.5 Å². The number of hydrogen-bond acceptors (Lipinski definition) is 19. The van der Waals surface area contributed by atoms with E-state index < -0.39 is 75.7 Å². The fourth-order valence-corrected chi connectivity index (χ4v) is 27.0. The summed E-state index contributed by atoms with van der Waals surface area (Å²) in [6.45, 7) is 37.4. The highest BCUT2D eigenvalue weighted by molar-refractivity contribution is 6.01. The lowest BCUT2D eigenvalue weighted by atomic mass is 9.33. The van der Waals surface area contributed by atoms with Crippen molar-refractivity contribution in [3.8, 4) is 35.0 Å². The zero-order valence-corrected chi connectivity index (χ0v) is 72.0. The summed E-state index contributed by atoms with van der Waals surface area (Å²) in [5.41, 5.74) is 11.9. The maximum atomic E-state index is 15.0. The number of nitrogens with two attached hydrogens (primary N) is 2. The third-order valence-electron chi connectivity index (χ3n) is 33.9. The van der Waals surface area contributed by atoms with Crippen LogP contribution in [0.3, 0.4) is 0 Å². The summed E-state index contributed by atoms with van der Waals surface area (Å²) in [7, 11) is 0. The quantitative estimate of drug-likeness (QED) is 0.0318. The maximum Gasteiger partial charge on any atom is 0.310 e. The predicted octanol–water partition coefficient (Wildman–Crippen LogP) is 15.7. The molecule has 1 aromatic carbocycles. The lowest BCUT2D eigenvalue weighted by Crippen LogP contribution is -2.66. The minimum Gasteiger partial charge on any atom is -0.481 e. The molecule has 116 heavy (non-hydrogen) atoms. The average molecular weight is 1590 g/mol. The van der Waals surface area contributed by atoms with E-state index in [2.05, 4.69) is 117 Å². The number of aliphatic hydroxyl groups excluding tert-OH is 2. The van der Waals surface area contributed by atoms with Crippen LogP contribution in [0.1, 0.15) is 293 Å². The lowest BCUT2D eigenvalue weighted by molar-refractivity contribution is -0.235. The van der Waals surface area contributed by atoms with E-state index in [4.69, 9.17) is 31.1 Å². The first kappa shape index (κ1) is 86.0. The number of hydrogen-bond donors (Lipinski definition) is 6. The van der Waals surface area contributed by atoms with Gasteiger partial charge >= 0.3 is 23.9 Å². The van der Waals surface area contributed by atoms with Crippen molar-refractivity contribution in [3.05, 3.63) is 87.2 Å². The molecule has 9 aliphatic carbocycles. The SMILES string of the molecule is CC[C@H](CC[C@@]1(C)[C@H](C)CC[C@]2(C)[C@@H]1CC[C@@H]1C3=C(C(C)C)C(=O)C[C@]3(C(O)c3nnc(-c4ccc(C#N)c(CC(C)(CC(=O)O[C@H]5CC[C@]6(C)[C@H]7CC[C@@H]8C9=C(C(C)C)C(=O)C[C@]9([C@@H](O)c9nnc(-c%10ccc(C#N)cn%10)n9CCN)CC[C@@]8(C)[C@]7(C)CC[C@H]6C5(C)C)C(=O)O)c4)n3CCN)CC[C@]12C)OC(=O)CC(C)(C)C(=O)O. The summed E-state index contributed by atoms with van der Waals surface area (Å²) in [5, 5.41) is 86.8. The summed E-state index contributed by atoms with van der Waals surface area (Å²) >= 11 is 0. The summed E-state index contributed by atoms with van der Waals surface area (Å²) < 4.78 is 16.3. The van der Waals surface area contributed by atoms with Crippen LogP contribution in [0.5, 0.6) is 0 Å². The van der Waals surface area contributed by atoms with Gasteiger partial charge in [0.15, 0.2) is 34.9 Å². The molecule has 2 unspecified atom stereocenters. The molecule has 3 heterocycles. The fourth-order valence-electron chi connectivity index (χ4n) is 27.0. The van der Waals surface area contributed by atoms with Gasteiger partial charge in [-0.15, -0.1) is 20.4 Å². The van der Waals surface area contributed by atoms with Gasteiger partial charge in [0.2, 0.25) is 0 Å². The van der Waals surface area contributed by atoms with E-state index in [9.17, 15) is 59.7 Å².